The monoisotopic (exact) mass is 161 g/mol. The van der Waals surface area contributed by atoms with Gasteiger partial charge in [0, 0.05) is 6.04 Å². The summed E-state index contributed by atoms with van der Waals surface area (Å²) in [6.45, 7) is 0. The van der Waals surface area contributed by atoms with Gasteiger partial charge in [0.2, 0.25) is 0 Å². The Balaban J connectivity index is 3.84. The van der Waals surface area contributed by atoms with Crippen molar-refractivity contribution >= 4 is 11.9 Å². The maximum absolute atomic E-state index is 9.90. The molecule has 0 saturated heterocycles. The SMILES string of the molecule is N[C@@H](CC(O)C(=O)[O-])C(=O)[O-]. The van der Waals surface area contributed by atoms with Crippen LogP contribution < -0.4 is 15.9 Å². The molecule has 1 unspecified atom stereocenters. The van der Waals surface area contributed by atoms with Crippen molar-refractivity contribution in [1.82, 2.24) is 0 Å². The molecular weight excluding hydrogens is 154 g/mol. The van der Waals surface area contributed by atoms with Crippen LogP contribution in [0.5, 0.6) is 0 Å². The number of carbonyl (C=O) groups is 2. The molecule has 0 heterocycles. The van der Waals surface area contributed by atoms with E-state index in [0.29, 0.717) is 0 Å². The van der Waals surface area contributed by atoms with Gasteiger partial charge in [0.1, 0.15) is 0 Å². The van der Waals surface area contributed by atoms with Crippen LogP contribution in [-0.4, -0.2) is 29.2 Å². The number of carboxylic acids is 2. The average Bonchev–Trinajstić information content (AvgIpc) is 1.87. The molecule has 64 valence electrons. The van der Waals surface area contributed by atoms with E-state index in [4.69, 9.17) is 10.8 Å². The molecule has 0 saturated carbocycles. The molecule has 11 heavy (non-hydrogen) atoms. The molecule has 0 spiro atoms. The zero-order valence-corrected chi connectivity index (χ0v) is 5.52. The number of aliphatic carboxylic acids is 2. The fourth-order valence-corrected chi connectivity index (χ4v) is 0.433. The fraction of sp³-hybridized carbons (Fsp3) is 0.600. The fourth-order valence-electron chi connectivity index (χ4n) is 0.433. The Hall–Kier alpha value is -1.14. The summed E-state index contributed by atoms with van der Waals surface area (Å²) in [5.74, 6) is -3.35. The molecular formula is C5H7NO5-2. The van der Waals surface area contributed by atoms with Crippen molar-refractivity contribution in [3.05, 3.63) is 0 Å². The van der Waals surface area contributed by atoms with Gasteiger partial charge in [-0.25, -0.2) is 0 Å². The van der Waals surface area contributed by atoms with E-state index >= 15 is 0 Å². The first kappa shape index (κ1) is 9.86. The van der Waals surface area contributed by atoms with E-state index in [2.05, 4.69) is 0 Å². The van der Waals surface area contributed by atoms with E-state index < -0.39 is 30.5 Å². The van der Waals surface area contributed by atoms with Gasteiger partial charge >= 0.3 is 0 Å². The van der Waals surface area contributed by atoms with Crippen molar-refractivity contribution in [3.63, 3.8) is 0 Å². The molecule has 0 aromatic heterocycles. The molecule has 0 rings (SSSR count). The smallest absolute Gasteiger partial charge is 0.0952 e. The number of nitrogens with two attached hydrogens (primary N) is 1. The molecule has 0 amide bonds. The van der Waals surface area contributed by atoms with Gasteiger partial charge in [-0.3, -0.25) is 0 Å². The molecule has 0 aliphatic heterocycles. The quantitative estimate of drug-likeness (QED) is 0.428. The first-order valence-corrected chi connectivity index (χ1v) is 2.80. The molecule has 2 atom stereocenters. The summed E-state index contributed by atoms with van der Waals surface area (Å²) >= 11 is 0. The van der Waals surface area contributed by atoms with Gasteiger partial charge in [0.05, 0.1) is 18.0 Å². The maximum Gasteiger partial charge on any atom is 0.0952 e. The average molecular weight is 161 g/mol. The minimum Gasteiger partial charge on any atom is -0.548 e. The van der Waals surface area contributed by atoms with Crippen LogP contribution in [0.15, 0.2) is 0 Å². The lowest BCUT2D eigenvalue weighted by Gasteiger charge is -2.17. The molecule has 0 aliphatic carbocycles. The molecule has 0 fully saturated rings. The number of rotatable bonds is 4. The summed E-state index contributed by atoms with van der Waals surface area (Å²) in [5, 5.41) is 28.2. The lowest BCUT2D eigenvalue weighted by Crippen LogP contribution is -2.47. The van der Waals surface area contributed by atoms with Crippen molar-refractivity contribution in [2.24, 2.45) is 5.73 Å². The Bertz CT molecular complexity index is 150. The van der Waals surface area contributed by atoms with Crippen LogP contribution in [0.1, 0.15) is 6.42 Å². The largest absolute Gasteiger partial charge is 0.548 e. The van der Waals surface area contributed by atoms with Gasteiger partial charge in [0.25, 0.3) is 0 Å². The summed E-state index contributed by atoms with van der Waals surface area (Å²) in [5.41, 5.74) is 4.84. The van der Waals surface area contributed by atoms with Gasteiger partial charge in [-0.15, -0.1) is 0 Å². The Morgan fingerprint density at radius 2 is 1.82 bits per heavy atom. The van der Waals surface area contributed by atoms with Crippen LogP contribution in [-0.2, 0) is 9.59 Å². The predicted octanol–water partition coefficient (Wildman–Crippen LogP) is -4.44. The molecule has 0 bridgehead atoms. The highest BCUT2D eigenvalue weighted by Gasteiger charge is 2.11. The van der Waals surface area contributed by atoms with E-state index in [1.54, 1.807) is 0 Å². The molecule has 0 aliphatic rings. The highest BCUT2D eigenvalue weighted by atomic mass is 16.4. The van der Waals surface area contributed by atoms with Crippen LogP contribution in [0, 0.1) is 0 Å². The second-order valence-corrected chi connectivity index (χ2v) is 2.00. The molecule has 0 aromatic rings. The number of aliphatic hydroxyl groups excluding tert-OH is 1. The Morgan fingerprint density at radius 1 is 1.36 bits per heavy atom. The number of carbonyl (C=O) groups excluding carboxylic acids is 2. The van der Waals surface area contributed by atoms with Crippen LogP contribution in [0.25, 0.3) is 0 Å². The number of hydrogen-bond acceptors (Lipinski definition) is 6. The normalized spacial score (nSPS) is 15.5. The molecule has 6 heteroatoms. The molecule has 0 radical (unpaired) electrons. The molecule has 3 N–H and O–H groups in total. The predicted molar refractivity (Wildman–Crippen MR) is 28.6 cm³/mol. The van der Waals surface area contributed by atoms with Gasteiger partial charge in [0.15, 0.2) is 0 Å². The topological polar surface area (TPSA) is 127 Å². The number of aliphatic hydroxyl groups is 1. The lowest BCUT2D eigenvalue weighted by atomic mass is 10.1. The Kier molecular flexibility index (Phi) is 3.49. The first-order chi connectivity index (χ1) is 4.95. The van der Waals surface area contributed by atoms with Crippen molar-refractivity contribution in [2.75, 3.05) is 0 Å². The van der Waals surface area contributed by atoms with Crippen molar-refractivity contribution in [3.8, 4) is 0 Å². The third kappa shape index (κ3) is 3.54. The van der Waals surface area contributed by atoms with Crippen molar-refractivity contribution in [2.45, 2.75) is 18.6 Å². The van der Waals surface area contributed by atoms with Gasteiger partial charge in [-0.05, 0) is 6.42 Å². The minimum absolute atomic E-state index is 0.606. The number of hydrogen-bond donors (Lipinski definition) is 2. The van der Waals surface area contributed by atoms with Crippen LogP contribution >= 0.6 is 0 Å². The Labute approximate surface area is 62.2 Å². The van der Waals surface area contributed by atoms with E-state index in [0.717, 1.165) is 0 Å². The summed E-state index contributed by atoms with van der Waals surface area (Å²) in [4.78, 5) is 19.7. The third-order valence-electron chi connectivity index (χ3n) is 1.05. The molecule has 0 aromatic carbocycles. The van der Waals surface area contributed by atoms with E-state index in [1.807, 2.05) is 0 Å². The Morgan fingerprint density at radius 3 is 2.09 bits per heavy atom. The van der Waals surface area contributed by atoms with Crippen LogP contribution in [0.4, 0.5) is 0 Å². The summed E-state index contributed by atoms with van der Waals surface area (Å²) in [7, 11) is 0. The van der Waals surface area contributed by atoms with Crippen LogP contribution in [0.2, 0.25) is 0 Å². The summed E-state index contributed by atoms with van der Waals surface area (Å²) < 4.78 is 0. The maximum atomic E-state index is 9.90. The first-order valence-electron chi connectivity index (χ1n) is 2.80. The van der Waals surface area contributed by atoms with Crippen molar-refractivity contribution in [1.29, 1.82) is 0 Å². The van der Waals surface area contributed by atoms with Gasteiger partial charge in [-0.1, -0.05) is 0 Å². The van der Waals surface area contributed by atoms with Crippen molar-refractivity contribution < 1.29 is 24.9 Å². The van der Waals surface area contributed by atoms with E-state index in [-0.39, 0.29) is 0 Å². The summed E-state index contributed by atoms with van der Waals surface area (Å²) in [6, 6.07) is -1.48. The third-order valence-corrected chi connectivity index (χ3v) is 1.05. The highest BCUT2D eigenvalue weighted by Crippen LogP contribution is 1.93. The second kappa shape index (κ2) is 3.89. The number of carboxylic acid groups (broad SMARTS) is 2. The highest BCUT2D eigenvalue weighted by molar-refractivity contribution is 5.74. The van der Waals surface area contributed by atoms with E-state index in [1.165, 1.54) is 0 Å². The van der Waals surface area contributed by atoms with Crippen LogP contribution in [0.3, 0.4) is 0 Å². The van der Waals surface area contributed by atoms with E-state index in [9.17, 15) is 19.8 Å². The standard InChI is InChI=1S/C5H9NO5/c6-2(4(8)9)1-3(7)5(10)11/h2-3,7H,1,6H2,(H,8,9)(H,10,11)/p-2/t2-,3?/m0/s1. The zero-order chi connectivity index (χ0) is 9.02. The van der Waals surface area contributed by atoms with Gasteiger partial charge in [-0.2, -0.15) is 0 Å². The summed E-state index contributed by atoms with van der Waals surface area (Å²) in [6.07, 6.45) is -2.46. The minimum atomic E-state index is -1.86. The van der Waals surface area contributed by atoms with Gasteiger partial charge < -0.3 is 30.6 Å². The second-order valence-electron chi connectivity index (χ2n) is 2.00. The lowest BCUT2D eigenvalue weighted by molar-refractivity contribution is -0.316. The molecule has 6 nitrogen and oxygen atoms in total. The zero-order valence-electron chi connectivity index (χ0n) is 5.52.